The normalized spacial score (nSPS) is 28.5. The fraction of sp³-hybridized carbons (Fsp3) is 0.600. The van der Waals surface area contributed by atoms with Gasteiger partial charge in [0.05, 0.1) is 18.8 Å². The van der Waals surface area contributed by atoms with Gasteiger partial charge in [0, 0.05) is 24.5 Å². The molecule has 0 aromatic carbocycles. The molecule has 0 unspecified atom stereocenters. The number of nitrogens with zero attached hydrogens (tertiary/aromatic N) is 1. The molecule has 1 aromatic heterocycles. The smallest absolute Gasteiger partial charge is 0.251 e. The molecule has 2 aliphatic rings. The van der Waals surface area contributed by atoms with Crippen LogP contribution >= 0.6 is 0 Å². The molecule has 2 fully saturated rings. The molecule has 1 aromatic rings. The summed E-state index contributed by atoms with van der Waals surface area (Å²) in [4.78, 5) is 15.8. The van der Waals surface area contributed by atoms with Gasteiger partial charge in [-0.3, -0.25) is 9.78 Å². The van der Waals surface area contributed by atoms with E-state index in [0.717, 1.165) is 12.5 Å². The molecule has 0 spiro atoms. The Morgan fingerprint density at radius 3 is 2.81 bits per heavy atom. The minimum absolute atomic E-state index is 0.0339. The predicted octanol–water partition coefficient (Wildman–Crippen LogP) is -0.0607. The van der Waals surface area contributed by atoms with Crippen molar-refractivity contribution in [3.63, 3.8) is 0 Å². The zero-order valence-corrected chi connectivity index (χ0v) is 11.9. The molecule has 2 heterocycles. The molecule has 6 nitrogen and oxygen atoms in total. The maximum atomic E-state index is 11.9. The maximum absolute atomic E-state index is 11.9. The van der Waals surface area contributed by atoms with Gasteiger partial charge in [0.1, 0.15) is 6.10 Å². The summed E-state index contributed by atoms with van der Waals surface area (Å²) in [7, 11) is 0. The standard InChI is InChI=1S/C15H21N3O3/c19-14-12(17-7-10-1-2-10)9-21-13(14)8-18-15(20)11-3-5-16-6-4-11/h3-6,10,12-14,17,19H,1-2,7-9H2,(H,18,20)/t12-,13-,14+/m1/s1. The van der Waals surface area contributed by atoms with E-state index >= 15 is 0 Å². The number of hydrogen-bond donors (Lipinski definition) is 3. The van der Waals surface area contributed by atoms with Crippen molar-refractivity contribution in [1.29, 1.82) is 0 Å². The molecule has 0 radical (unpaired) electrons. The summed E-state index contributed by atoms with van der Waals surface area (Å²) < 4.78 is 5.58. The quantitative estimate of drug-likeness (QED) is 0.684. The maximum Gasteiger partial charge on any atom is 0.251 e. The third-order valence-corrected chi connectivity index (χ3v) is 4.05. The van der Waals surface area contributed by atoms with Crippen molar-refractivity contribution in [2.24, 2.45) is 5.92 Å². The minimum Gasteiger partial charge on any atom is -0.389 e. The number of amides is 1. The largest absolute Gasteiger partial charge is 0.389 e. The van der Waals surface area contributed by atoms with Crippen molar-refractivity contribution in [3.05, 3.63) is 30.1 Å². The van der Waals surface area contributed by atoms with E-state index in [1.807, 2.05) is 0 Å². The first-order valence-electron chi connectivity index (χ1n) is 7.45. The number of aliphatic hydroxyl groups is 1. The van der Waals surface area contributed by atoms with E-state index in [4.69, 9.17) is 4.74 Å². The second-order valence-corrected chi connectivity index (χ2v) is 5.77. The molecule has 114 valence electrons. The zero-order chi connectivity index (χ0) is 14.7. The summed E-state index contributed by atoms with van der Waals surface area (Å²) in [6.07, 6.45) is 4.78. The summed E-state index contributed by atoms with van der Waals surface area (Å²) in [5, 5.41) is 16.4. The molecule has 3 rings (SSSR count). The van der Waals surface area contributed by atoms with Gasteiger partial charge in [-0.05, 0) is 37.4 Å². The van der Waals surface area contributed by atoms with Gasteiger partial charge in [0.2, 0.25) is 0 Å². The van der Waals surface area contributed by atoms with Crippen molar-refractivity contribution >= 4 is 5.91 Å². The van der Waals surface area contributed by atoms with E-state index in [-0.39, 0.29) is 18.1 Å². The van der Waals surface area contributed by atoms with Crippen molar-refractivity contribution in [2.75, 3.05) is 19.7 Å². The van der Waals surface area contributed by atoms with Crippen LogP contribution in [-0.2, 0) is 4.74 Å². The van der Waals surface area contributed by atoms with Crippen molar-refractivity contribution in [2.45, 2.75) is 31.1 Å². The van der Waals surface area contributed by atoms with Crippen molar-refractivity contribution in [1.82, 2.24) is 15.6 Å². The Morgan fingerprint density at radius 2 is 2.10 bits per heavy atom. The summed E-state index contributed by atoms with van der Waals surface area (Å²) >= 11 is 0. The van der Waals surface area contributed by atoms with E-state index in [0.29, 0.717) is 18.7 Å². The second-order valence-electron chi connectivity index (χ2n) is 5.77. The van der Waals surface area contributed by atoms with Crippen LogP contribution in [0.2, 0.25) is 0 Å². The number of nitrogens with one attached hydrogen (secondary N) is 2. The SMILES string of the molecule is O=C(NC[C@H]1OC[C@@H](NCC2CC2)[C@@H]1O)c1ccncc1. The fourth-order valence-electron chi connectivity index (χ4n) is 2.48. The molecule has 1 saturated heterocycles. The molecular weight excluding hydrogens is 270 g/mol. The van der Waals surface area contributed by atoms with Gasteiger partial charge in [-0.15, -0.1) is 0 Å². The van der Waals surface area contributed by atoms with E-state index in [1.54, 1.807) is 24.5 Å². The lowest BCUT2D eigenvalue weighted by Gasteiger charge is -2.18. The average Bonchev–Trinajstić information content (AvgIpc) is 3.28. The first-order valence-corrected chi connectivity index (χ1v) is 7.45. The molecule has 6 heteroatoms. The molecular formula is C15H21N3O3. The molecule has 21 heavy (non-hydrogen) atoms. The summed E-state index contributed by atoms with van der Waals surface area (Å²) in [5.41, 5.74) is 0.556. The summed E-state index contributed by atoms with van der Waals surface area (Å²) in [6.45, 7) is 1.74. The Kier molecular flexibility index (Phi) is 4.48. The lowest BCUT2D eigenvalue weighted by Crippen LogP contribution is -2.45. The number of rotatable bonds is 6. The van der Waals surface area contributed by atoms with Gasteiger partial charge in [-0.2, -0.15) is 0 Å². The highest BCUT2D eigenvalue weighted by molar-refractivity contribution is 5.93. The van der Waals surface area contributed by atoms with Gasteiger partial charge >= 0.3 is 0 Å². The van der Waals surface area contributed by atoms with Crippen LogP contribution in [-0.4, -0.2) is 53.9 Å². The number of carbonyl (C=O) groups is 1. The third-order valence-electron chi connectivity index (χ3n) is 4.05. The lowest BCUT2D eigenvalue weighted by molar-refractivity contribution is 0.0399. The number of ether oxygens (including phenoxy) is 1. The van der Waals surface area contributed by atoms with Crippen LogP contribution in [0.3, 0.4) is 0 Å². The summed E-state index contributed by atoms with van der Waals surface area (Å²) in [5.74, 6) is 0.588. The van der Waals surface area contributed by atoms with E-state index in [9.17, 15) is 9.90 Å². The number of carbonyl (C=O) groups excluding carboxylic acids is 1. The number of aliphatic hydroxyl groups excluding tert-OH is 1. The van der Waals surface area contributed by atoms with Gasteiger partial charge < -0.3 is 20.5 Å². The van der Waals surface area contributed by atoms with Crippen molar-refractivity contribution < 1.29 is 14.6 Å². The predicted molar refractivity (Wildman–Crippen MR) is 76.8 cm³/mol. The van der Waals surface area contributed by atoms with Crippen LogP contribution in [0.25, 0.3) is 0 Å². The third kappa shape index (κ3) is 3.78. The van der Waals surface area contributed by atoms with E-state index < -0.39 is 6.10 Å². The number of aromatic nitrogens is 1. The molecule has 1 aliphatic carbocycles. The van der Waals surface area contributed by atoms with Gasteiger partial charge in [-0.1, -0.05) is 0 Å². The van der Waals surface area contributed by atoms with E-state index in [2.05, 4.69) is 15.6 Å². The number of hydrogen-bond acceptors (Lipinski definition) is 5. The van der Waals surface area contributed by atoms with E-state index in [1.165, 1.54) is 12.8 Å². The average molecular weight is 291 g/mol. The highest BCUT2D eigenvalue weighted by Crippen LogP contribution is 2.28. The Bertz CT molecular complexity index is 478. The van der Waals surface area contributed by atoms with Crippen LogP contribution in [0, 0.1) is 5.92 Å². The number of pyridine rings is 1. The van der Waals surface area contributed by atoms with Crippen LogP contribution in [0.15, 0.2) is 24.5 Å². The molecule has 1 saturated carbocycles. The first kappa shape index (κ1) is 14.4. The second kappa shape index (κ2) is 6.51. The Balaban J connectivity index is 1.44. The topological polar surface area (TPSA) is 83.5 Å². The van der Waals surface area contributed by atoms with Crippen LogP contribution < -0.4 is 10.6 Å². The summed E-state index contributed by atoms with van der Waals surface area (Å²) in [6, 6.07) is 3.27. The van der Waals surface area contributed by atoms with Crippen molar-refractivity contribution in [3.8, 4) is 0 Å². The minimum atomic E-state index is -0.582. The molecule has 0 bridgehead atoms. The molecule has 1 aliphatic heterocycles. The lowest BCUT2D eigenvalue weighted by atomic mass is 10.1. The van der Waals surface area contributed by atoms with Gasteiger partial charge in [0.25, 0.3) is 5.91 Å². The molecule has 3 N–H and O–H groups in total. The Labute approximate surface area is 123 Å². The Hall–Kier alpha value is -1.50. The Morgan fingerprint density at radius 1 is 1.33 bits per heavy atom. The fourth-order valence-corrected chi connectivity index (χ4v) is 2.48. The highest BCUT2D eigenvalue weighted by atomic mass is 16.5. The van der Waals surface area contributed by atoms with Crippen LogP contribution in [0.1, 0.15) is 23.2 Å². The van der Waals surface area contributed by atoms with Crippen LogP contribution in [0.4, 0.5) is 0 Å². The van der Waals surface area contributed by atoms with Crippen LogP contribution in [0.5, 0.6) is 0 Å². The monoisotopic (exact) mass is 291 g/mol. The molecule has 1 amide bonds. The van der Waals surface area contributed by atoms with Gasteiger partial charge in [0.15, 0.2) is 0 Å². The highest BCUT2D eigenvalue weighted by Gasteiger charge is 2.36. The van der Waals surface area contributed by atoms with Gasteiger partial charge in [-0.25, -0.2) is 0 Å². The first-order chi connectivity index (χ1) is 10.2. The molecule has 3 atom stereocenters. The zero-order valence-electron chi connectivity index (χ0n) is 11.9.